The fraction of sp³-hybridized carbons (Fsp3) is 0.778. The number of hydrogen-bond donors (Lipinski definition) is 0. The molecular formula is C9H17Li. The Balaban J connectivity index is 0. The Bertz CT molecular complexity index is 97.0. The summed E-state index contributed by atoms with van der Waals surface area (Å²) in [7, 11) is 0. The first-order valence-corrected chi connectivity index (χ1v) is 3.81. The summed E-state index contributed by atoms with van der Waals surface area (Å²) in [5.74, 6) is 5.95. The van der Waals surface area contributed by atoms with Gasteiger partial charge >= 0.3 is 18.9 Å². The van der Waals surface area contributed by atoms with Crippen molar-refractivity contribution in [3.63, 3.8) is 0 Å². The van der Waals surface area contributed by atoms with Crippen LogP contribution in [0.5, 0.6) is 0 Å². The van der Waals surface area contributed by atoms with Gasteiger partial charge < -0.3 is 0 Å². The molecule has 0 amide bonds. The molecule has 0 aromatic rings. The van der Waals surface area contributed by atoms with Crippen LogP contribution in [-0.4, -0.2) is 18.9 Å². The van der Waals surface area contributed by atoms with Gasteiger partial charge in [-0.15, -0.1) is 11.8 Å². The number of unbranched alkanes of at least 4 members (excludes halogenated alkanes) is 4. The van der Waals surface area contributed by atoms with Crippen LogP contribution in [0.25, 0.3) is 0 Å². The van der Waals surface area contributed by atoms with Crippen molar-refractivity contribution in [3.05, 3.63) is 0 Å². The number of hydrogen-bond acceptors (Lipinski definition) is 0. The molecule has 0 heterocycles. The topological polar surface area (TPSA) is 0 Å². The average Bonchev–Trinajstić information content (AvgIpc) is 1.89. The molecule has 0 aromatic heterocycles. The zero-order chi connectivity index (χ0) is 6.95. The maximum atomic E-state index is 3.06. The van der Waals surface area contributed by atoms with Gasteiger partial charge in [0.2, 0.25) is 0 Å². The Labute approximate surface area is 77.0 Å². The van der Waals surface area contributed by atoms with Crippen LogP contribution >= 0.6 is 0 Å². The van der Waals surface area contributed by atoms with Crippen LogP contribution in [0, 0.1) is 11.8 Å². The van der Waals surface area contributed by atoms with E-state index in [9.17, 15) is 0 Å². The van der Waals surface area contributed by atoms with E-state index in [-0.39, 0.29) is 18.9 Å². The molecule has 0 spiro atoms. The van der Waals surface area contributed by atoms with E-state index in [1.54, 1.807) is 0 Å². The molecule has 0 saturated heterocycles. The third-order valence-corrected chi connectivity index (χ3v) is 1.33. The van der Waals surface area contributed by atoms with E-state index in [1.807, 2.05) is 6.92 Å². The molecule has 0 aliphatic heterocycles. The van der Waals surface area contributed by atoms with Crippen molar-refractivity contribution in [3.8, 4) is 11.8 Å². The van der Waals surface area contributed by atoms with Crippen molar-refractivity contribution < 1.29 is 0 Å². The van der Waals surface area contributed by atoms with E-state index >= 15 is 0 Å². The molecule has 10 heavy (non-hydrogen) atoms. The predicted molar refractivity (Wildman–Crippen MR) is 49.4 cm³/mol. The molecule has 0 rings (SSSR count). The molecule has 0 atom stereocenters. The summed E-state index contributed by atoms with van der Waals surface area (Å²) < 4.78 is 0. The molecule has 0 N–H and O–H groups in total. The predicted octanol–water partition coefficient (Wildman–Crippen LogP) is 2.33. The second-order valence-corrected chi connectivity index (χ2v) is 2.24. The van der Waals surface area contributed by atoms with Gasteiger partial charge in [-0.05, 0) is 13.3 Å². The summed E-state index contributed by atoms with van der Waals surface area (Å²) in [5.41, 5.74) is 0. The molecule has 0 bridgehead atoms. The Hall–Kier alpha value is 0.157. The van der Waals surface area contributed by atoms with Crippen molar-refractivity contribution in [2.24, 2.45) is 0 Å². The first-order chi connectivity index (χ1) is 4.41. The fourth-order valence-electron chi connectivity index (χ4n) is 0.765. The zero-order valence-electron chi connectivity index (χ0n) is 6.54. The first kappa shape index (κ1) is 12.8. The van der Waals surface area contributed by atoms with Crippen molar-refractivity contribution in [2.45, 2.75) is 46.0 Å². The van der Waals surface area contributed by atoms with Crippen LogP contribution in [0.1, 0.15) is 46.0 Å². The molecular weight excluding hydrogens is 115 g/mol. The van der Waals surface area contributed by atoms with Crippen LogP contribution in [-0.2, 0) is 0 Å². The summed E-state index contributed by atoms with van der Waals surface area (Å²) in [5, 5.41) is 0. The Morgan fingerprint density at radius 1 is 1.10 bits per heavy atom. The van der Waals surface area contributed by atoms with E-state index in [1.165, 1.54) is 25.7 Å². The van der Waals surface area contributed by atoms with Gasteiger partial charge in [0.25, 0.3) is 0 Å². The van der Waals surface area contributed by atoms with Crippen molar-refractivity contribution in [1.82, 2.24) is 0 Å². The summed E-state index contributed by atoms with van der Waals surface area (Å²) in [6.45, 7) is 4.13. The SMILES string of the molecule is CC#CCCCCCC.[LiH]. The fourth-order valence-corrected chi connectivity index (χ4v) is 0.765. The molecule has 0 aliphatic rings. The van der Waals surface area contributed by atoms with Crippen molar-refractivity contribution >= 4 is 18.9 Å². The minimum atomic E-state index is 0. The maximum absolute atomic E-state index is 3.06. The zero-order valence-corrected chi connectivity index (χ0v) is 6.54. The molecule has 0 nitrogen and oxygen atoms in total. The number of rotatable bonds is 4. The van der Waals surface area contributed by atoms with Gasteiger partial charge in [-0.1, -0.05) is 26.2 Å². The van der Waals surface area contributed by atoms with Gasteiger partial charge in [0.05, 0.1) is 0 Å². The van der Waals surface area contributed by atoms with Gasteiger partial charge in [-0.3, -0.25) is 0 Å². The molecule has 1 heteroatoms. The monoisotopic (exact) mass is 132 g/mol. The van der Waals surface area contributed by atoms with Crippen LogP contribution < -0.4 is 0 Å². The molecule has 0 fully saturated rings. The van der Waals surface area contributed by atoms with Crippen LogP contribution in [0.3, 0.4) is 0 Å². The van der Waals surface area contributed by atoms with E-state index in [0.717, 1.165) is 6.42 Å². The molecule has 0 aromatic carbocycles. The van der Waals surface area contributed by atoms with Gasteiger partial charge in [-0.2, -0.15) is 0 Å². The molecule has 0 unspecified atom stereocenters. The van der Waals surface area contributed by atoms with Crippen LogP contribution in [0.2, 0.25) is 0 Å². The van der Waals surface area contributed by atoms with Gasteiger partial charge in [-0.25, -0.2) is 0 Å². The molecule has 0 aliphatic carbocycles. The van der Waals surface area contributed by atoms with Crippen LogP contribution in [0.15, 0.2) is 0 Å². The third-order valence-electron chi connectivity index (χ3n) is 1.33. The van der Waals surface area contributed by atoms with Crippen molar-refractivity contribution in [2.75, 3.05) is 0 Å². The summed E-state index contributed by atoms with van der Waals surface area (Å²) in [6.07, 6.45) is 6.42. The second kappa shape index (κ2) is 11.9. The molecule has 0 radical (unpaired) electrons. The van der Waals surface area contributed by atoms with Gasteiger partial charge in [0.1, 0.15) is 0 Å². The standard InChI is InChI=1S/C9H16.Li.H/c1-3-5-7-9-8-6-4-2;;/h3,5,7-9H2,1-2H3;;. The van der Waals surface area contributed by atoms with Crippen molar-refractivity contribution in [1.29, 1.82) is 0 Å². The second-order valence-electron chi connectivity index (χ2n) is 2.24. The summed E-state index contributed by atoms with van der Waals surface area (Å²) >= 11 is 0. The Morgan fingerprint density at radius 2 is 1.80 bits per heavy atom. The normalized spacial score (nSPS) is 7.40. The van der Waals surface area contributed by atoms with Gasteiger partial charge in [0, 0.05) is 6.42 Å². The molecule has 54 valence electrons. The Kier molecular flexibility index (Phi) is 15.2. The quantitative estimate of drug-likeness (QED) is 0.313. The summed E-state index contributed by atoms with van der Waals surface area (Å²) in [6, 6.07) is 0. The van der Waals surface area contributed by atoms with E-state index in [4.69, 9.17) is 0 Å². The molecule has 0 saturated carbocycles. The van der Waals surface area contributed by atoms with Gasteiger partial charge in [0.15, 0.2) is 0 Å². The van der Waals surface area contributed by atoms with E-state index in [2.05, 4.69) is 18.8 Å². The Morgan fingerprint density at radius 3 is 2.30 bits per heavy atom. The minimum absolute atomic E-state index is 0. The first-order valence-electron chi connectivity index (χ1n) is 3.81. The average molecular weight is 132 g/mol. The summed E-state index contributed by atoms with van der Waals surface area (Å²) in [4.78, 5) is 0. The van der Waals surface area contributed by atoms with Crippen LogP contribution in [0.4, 0.5) is 0 Å². The van der Waals surface area contributed by atoms with E-state index < -0.39 is 0 Å². The third kappa shape index (κ3) is 11.0. The van der Waals surface area contributed by atoms with E-state index in [0.29, 0.717) is 0 Å².